The van der Waals surface area contributed by atoms with Crippen molar-refractivity contribution in [2.75, 3.05) is 0 Å². The summed E-state index contributed by atoms with van der Waals surface area (Å²) in [6.07, 6.45) is -16.9. The lowest BCUT2D eigenvalue weighted by atomic mass is 9.90. The van der Waals surface area contributed by atoms with Gasteiger partial charge in [-0.15, -0.1) is 0 Å². The van der Waals surface area contributed by atoms with Gasteiger partial charge < -0.3 is 171 Å². The van der Waals surface area contributed by atoms with Crippen LogP contribution in [0.5, 0.6) is 167 Å². The summed E-state index contributed by atoms with van der Waals surface area (Å²) in [4.78, 5) is 83.5. The molecular weight excluding hydrogens is 1760 g/mol. The molecule has 5 aliphatic rings. The van der Waals surface area contributed by atoms with E-state index in [0.29, 0.717) is 12.1 Å². The normalized spacial score (nSPS) is 19.1. The lowest BCUT2D eigenvalue weighted by Crippen LogP contribution is -2.35. The number of hydrogen-bond acceptors (Lipinski definition) is 40. The molecule has 18 rings (SSSR count). The average Bonchev–Trinajstić information content (AvgIpc) is 1.72. The topological polar surface area (TPSA) is 702 Å². The Morgan fingerprint density at radius 1 is 0.256 bits per heavy atom. The van der Waals surface area contributed by atoms with Crippen LogP contribution >= 0.6 is 0 Å². The number of phenolic OH excluding ortho intramolecular Hbond substituents is 21. The number of benzene rings is 10. The Kier molecular flexibility index (Phi) is 21.5. The average molecular weight is 1830 g/mol. The Bertz CT molecular complexity index is 7380. The van der Waals surface area contributed by atoms with Gasteiger partial charge in [-0.3, -0.25) is 14.4 Å². The molecule has 5 aliphatic heterocycles. The highest BCUT2D eigenvalue weighted by atomic mass is 16.6. The molecule has 0 fully saturated rings. The number of fused-ring (bicyclic) bond motifs is 8. The summed E-state index contributed by atoms with van der Waals surface area (Å²) >= 11 is 0. The third-order valence-electron chi connectivity index (χ3n) is 23.2. The minimum atomic E-state index is -1.67. The molecule has 40 heteroatoms. The molecule has 5 heterocycles. The predicted octanol–water partition coefficient (Wildman–Crippen LogP) is 8.63. The number of carbonyl (C=O) groups excluding carboxylic acids is 3. The molecule has 682 valence electrons. The van der Waals surface area contributed by atoms with Gasteiger partial charge in [0.25, 0.3) is 0 Å². The van der Waals surface area contributed by atoms with E-state index < -0.39 is 279 Å². The lowest BCUT2D eigenvalue weighted by molar-refractivity contribution is -0.0192. The lowest BCUT2D eigenvalue weighted by Gasteiger charge is -2.34. The second-order valence-electron chi connectivity index (χ2n) is 31.8. The van der Waals surface area contributed by atoms with Gasteiger partial charge in [-0.25, -0.2) is 14.4 Å². The van der Waals surface area contributed by atoms with Crippen LogP contribution in [0.1, 0.15) is 117 Å². The van der Waals surface area contributed by atoms with E-state index in [4.69, 9.17) is 37.9 Å². The van der Waals surface area contributed by atoms with Crippen LogP contribution in [-0.2, 0) is 46.3 Å². The molecule has 0 aromatic heterocycles. The van der Waals surface area contributed by atoms with Crippen LogP contribution in [0.2, 0.25) is 0 Å². The highest BCUT2D eigenvalue weighted by Crippen LogP contribution is 2.55. The first-order valence-corrected chi connectivity index (χ1v) is 39.7. The fraction of sp³-hybridized carbons (Fsp3) is 0.161. The van der Waals surface area contributed by atoms with Gasteiger partial charge in [0, 0.05) is 154 Å². The van der Waals surface area contributed by atoms with Crippen molar-refractivity contribution >= 4 is 50.2 Å². The Balaban J connectivity index is 0.000000187. The second-order valence-corrected chi connectivity index (χ2v) is 31.8. The van der Waals surface area contributed by atoms with Crippen LogP contribution in [0.15, 0.2) is 160 Å². The van der Waals surface area contributed by atoms with E-state index in [-0.39, 0.29) is 120 Å². The highest BCUT2D eigenvalue weighted by molar-refractivity contribution is 6.03. The van der Waals surface area contributed by atoms with Gasteiger partial charge >= 0.3 is 17.9 Å². The van der Waals surface area contributed by atoms with Crippen molar-refractivity contribution < 1.29 is 185 Å². The first-order valence-electron chi connectivity index (χ1n) is 39.7. The number of esters is 3. The van der Waals surface area contributed by atoms with E-state index in [1.54, 1.807) is 0 Å². The molecule has 0 saturated carbocycles. The van der Waals surface area contributed by atoms with Crippen LogP contribution in [0, 0.1) is 0 Å². The maximum Gasteiger partial charge on any atom is 0.338 e. The van der Waals surface area contributed by atoms with Crippen molar-refractivity contribution in [1.29, 1.82) is 0 Å². The maximum absolute atomic E-state index is 14.6. The number of ether oxygens (including phenoxy) is 8. The van der Waals surface area contributed by atoms with Crippen LogP contribution < -0.4 is 40.0 Å². The molecule has 13 aromatic carbocycles. The minimum Gasteiger partial charge on any atom is -0.508 e. The number of rotatable bonds is 11. The quantitative estimate of drug-likeness (QED) is 0.0327. The molecule has 0 radical (unpaired) electrons. The standard InChI is InChI=1S/C50H38O21.C43H32O19/c51-18-5-28(54)25-13-35(61)48(69-37(25)8-18)23-11-33(59)45(65)41-21(23)1-16(3-31(57)43(41)63)47-40(15-27-30(56)7-20(53)10-39(27)68-47)71-50(67)17-2-22-24(12-34(60)46(66)42(22)44(64)32(58)4-17)49-36(62)14-26-29(55)6-19(52)9-38(26)70-49;44-18-8-25(47)22-13-34(40(59-32(22)10-18)15-1-2-24(46)27(49)4-15)61-42(57)16-3-20-21(12-31(53)39(56)36(20)38(55)30(52)5-16)41-35(14-23-26(48)9-19(45)11-33(23)60-41)62-43(58)17-6-28(50)37(54)29(51)7-17/h1-12,35-36,40,47-49,51-56,59-62,65-66H,13-15H2,(H,57,63)(H,58,64);1-12,34-35,40-41,44-51,53-54,56H,13-14H2,(H,52,55)/t35-,36-,40-,47-,48-,49-;34-,35-,40-,41-/m11/s1. The third kappa shape index (κ3) is 15.6. The molecule has 0 aliphatic carbocycles. The zero-order valence-corrected chi connectivity index (χ0v) is 67.5. The van der Waals surface area contributed by atoms with Gasteiger partial charge in [0.05, 0.1) is 45.1 Å². The molecular formula is C93H70O40. The second kappa shape index (κ2) is 32.8. The van der Waals surface area contributed by atoms with Crippen LogP contribution in [-0.4, -0.2) is 181 Å². The van der Waals surface area contributed by atoms with Crippen molar-refractivity contribution in [3.8, 4) is 167 Å². The molecule has 0 saturated heterocycles. The molecule has 0 unspecified atom stereocenters. The van der Waals surface area contributed by atoms with E-state index in [9.17, 15) is 162 Å². The van der Waals surface area contributed by atoms with Crippen molar-refractivity contribution in [1.82, 2.24) is 0 Å². The fourth-order valence-corrected chi connectivity index (χ4v) is 17.0. The van der Waals surface area contributed by atoms with E-state index in [1.165, 1.54) is 18.2 Å². The summed E-state index contributed by atoms with van der Waals surface area (Å²) in [7, 11) is 0. The molecule has 40 nitrogen and oxygen atoms in total. The Labute approximate surface area is 740 Å². The van der Waals surface area contributed by atoms with E-state index >= 15 is 0 Å². The Morgan fingerprint density at radius 3 is 0.970 bits per heavy atom. The smallest absolute Gasteiger partial charge is 0.338 e. The summed E-state index contributed by atoms with van der Waals surface area (Å²) < 4.78 is 48.1. The number of phenols is 21. The van der Waals surface area contributed by atoms with Crippen molar-refractivity contribution in [3.63, 3.8) is 0 Å². The first kappa shape index (κ1) is 87.3. The van der Waals surface area contributed by atoms with E-state index in [1.807, 2.05) is 0 Å². The van der Waals surface area contributed by atoms with Gasteiger partial charge in [-0.05, 0) is 89.0 Å². The van der Waals surface area contributed by atoms with Crippen LogP contribution in [0.25, 0.3) is 32.3 Å². The van der Waals surface area contributed by atoms with Gasteiger partial charge in [0.1, 0.15) is 105 Å². The van der Waals surface area contributed by atoms with Gasteiger partial charge in [-0.2, -0.15) is 0 Å². The highest BCUT2D eigenvalue weighted by Gasteiger charge is 2.45. The van der Waals surface area contributed by atoms with Crippen LogP contribution in [0.4, 0.5) is 0 Å². The van der Waals surface area contributed by atoms with Crippen molar-refractivity contribution in [2.24, 2.45) is 0 Å². The van der Waals surface area contributed by atoms with Gasteiger partial charge in [-0.1, -0.05) is 6.07 Å². The third-order valence-corrected chi connectivity index (χ3v) is 23.2. The summed E-state index contributed by atoms with van der Waals surface area (Å²) in [6.45, 7) is 0. The number of hydrogen-bond donors (Lipinski definition) is 26. The maximum atomic E-state index is 14.6. The zero-order chi connectivity index (χ0) is 95.1. The number of aliphatic hydroxyl groups is 2. The Hall–Kier alpha value is -17.8. The monoisotopic (exact) mass is 1830 g/mol. The number of aliphatic hydroxyl groups excluding tert-OH is 2. The van der Waals surface area contributed by atoms with Gasteiger partial charge in [0.15, 0.2) is 111 Å². The Morgan fingerprint density at radius 2 is 0.564 bits per heavy atom. The predicted molar refractivity (Wildman–Crippen MR) is 451 cm³/mol. The molecule has 26 N–H and O–H groups in total. The summed E-state index contributed by atoms with van der Waals surface area (Å²) in [6, 6.07) is 23.9. The van der Waals surface area contributed by atoms with Crippen molar-refractivity contribution in [3.05, 3.63) is 249 Å². The summed E-state index contributed by atoms with van der Waals surface area (Å²) in [5, 5.41) is 274. The number of carbonyl (C=O) groups is 3. The summed E-state index contributed by atoms with van der Waals surface area (Å²) in [5.41, 5.74) is -5.94. The SMILES string of the molecule is O=C(O[C@@H]1Cc2c(O)cc(O)cc2O[C@@H]1c1cc(=O)c(O)c2c(O)c(O)cc([C@H]3Oc4cc(O)cc(O)c4C[C@H]3O)c2c1)c1cc(=O)c(O)c2c(O)c(O)cc([C@H]3Oc4cc(O)cc(O)c4C[C@H]3O)c2c1.O=C(O[C@@H]1Cc2c(O)cc(O)cc2O[C@@H]1c1ccc(O)c(O)c1)c1cc(O)c(=O)c2c(O)c(O)cc([C@H]3Oc4cc(O)cc(O)c4C[C@H]3OC(=O)c3cc(O)c(O)c(O)c3)c2c1. The molecule has 0 amide bonds. The van der Waals surface area contributed by atoms with Crippen molar-refractivity contribution in [2.45, 2.75) is 93.1 Å². The van der Waals surface area contributed by atoms with Gasteiger partial charge in [0.2, 0.25) is 16.3 Å². The number of aromatic hydroxyl groups is 24. The minimum absolute atomic E-state index is 0.00608. The summed E-state index contributed by atoms with van der Waals surface area (Å²) in [5.74, 6) is -21.8. The molecule has 0 spiro atoms. The molecule has 13 aromatic rings. The fourth-order valence-electron chi connectivity index (χ4n) is 17.0. The van der Waals surface area contributed by atoms with E-state index in [2.05, 4.69) is 0 Å². The molecule has 10 atom stereocenters. The van der Waals surface area contributed by atoms with E-state index in [0.717, 1.165) is 115 Å². The molecule has 0 bridgehead atoms. The zero-order valence-electron chi connectivity index (χ0n) is 67.5. The van der Waals surface area contributed by atoms with Crippen LogP contribution in [0.3, 0.4) is 0 Å². The first-order chi connectivity index (χ1) is 63.0. The molecule has 133 heavy (non-hydrogen) atoms. The largest absolute Gasteiger partial charge is 0.508 e.